The zero-order valence-electron chi connectivity index (χ0n) is 18.1. The first-order valence-corrected chi connectivity index (χ1v) is 10.6. The molecule has 0 saturated heterocycles. The van der Waals surface area contributed by atoms with Gasteiger partial charge in [-0.05, 0) is 34.7 Å². The summed E-state index contributed by atoms with van der Waals surface area (Å²) in [6.07, 6.45) is 0. The first kappa shape index (κ1) is 21.4. The molecule has 1 heterocycles. The molecule has 0 bridgehead atoms. The number of benzene rings is 2. The summed E-state index contributed by atoms with van der Waals surface area (Å²) in [5.41, 5.74) is 3.02. The van der Waals surface area contributed by atoms with E-state index in [2.05, 4.69) is 36.7 Å². The number of hydrogen-bond acceptors (Lipinski definition) is 6. The Morgan fingerprint density at radius 2 is 1.68 bits per heavy atom. The highest BCUT2D eigenvalue weighted by molar-refractivity contribution is 6.31. The van der Waals surface area contributed by atoms with E-state index in [1.807, 2.05) is 30.3 Å². The highest BCUT2D eigenvalue weighted by atomic mass is 35.5. The minimum absolute atomic E-state index is 0.245. The van der Waals surface area contributed by atoms with Gasteiger partial charge in [0, 0.05) is 29.4 Å². The molecule has 31 heavy (non-hydrogen) atoms. The number of halogens is 1. The number of nitrogens with one attached hydrogen (secondary N) is 3. The Kier molecular flexibility index (Phi) is 5.54. The first-order valence-electron chi connectivity index (χ1n) is 10.2. The molecule has 0 radical (unpaired) electrons. The van der Waals surface area contributed by atoms with Crippen LogP contribution in [0.4, 0.5) is 17.1 Å². The lowest BCUT2D eigenvalue weighted by molar-refractivity contribution is 0.332. The molecular formula is C24H26ClN3O3. The molecule has 6 nitrogen and oxygen atoms in total. The second-order valence-electron chi connectivity index (χ2n) is 8.87. The van der Waals surface area contributed by atoms with Gasteiger partial charge in [0.05, 0.1) is 13.2 Å². The first-order chi connectivity index (χ1) is 14.7. The summed E-state index contributed by atoms with van der Waals surface area (Å²) in [6.45, 7) is 7.57. The number of para-hydroxylation sites is 1. The van der Waals surface area contributed by atoms with Crippen molar-refractivity contribution in [2.75, 3.05) is 17.7 Å². The van der Waals surface area contributed by atoms with Crippen LogP contribution in [0.1, 0.15) is 43.5 Å². The molecule has 162 valence electrons. The van der Waals surface area contributed by atoms with Crippen molar-refractivity contribution in [1.29, 1.82) is 0 Å². The Morgan fingerprint density at radius 1 is 1.00 bits per heavy atom. The summed E-state index contributed by atoms with van der Waals surface area (Å²) < 4.78 is 5.54. The Balaban J connectivity index is 1.71. The van der Waals surface area contributed by atoms with E-state index in [0.29, 0.717) is 23.8 Å². The maximum atomic E-state index is 12.5. The Labute approximate surface area is 186 Å². The second kappa shape index (κ2) is 8.02. The standard InChI is InChI=1S/C24H26ClN3O3/c1-24(2,3)23(13-7-5-6-8-18(13)31-4)28-20-19(21(29)22(20)30)27-17-10-9-16(25)14-11-26-12-15(14)17/h5-10,23,26-28H,11-12H2,1-4H3. The average Bonchev–Trinajstić information content (AvgIpc) is 3.24. The van der Waals surface area contributed by atoms with Gasteiger partial charge in [-0.1, -0.05) is 50.6 Å². The molecule has 1 aliphatic rings. The summed E-state index contributed by atoms with van der Waals surface area (Å²) in [5, 5.41) is 10.5. The summed E-state index contributed by atoms with van der Waals surface area (Å²) in [4.78, 5) is 25.0. The smallest absolute Gasteiger partial charge is 0.253 e. The summed E-state index contributed by atoms with van der Waals surface area (Å²) in [5.74, 6) is 0.727. The van der Waals surface area contributed by atoms with Crippen molar-refractivity contribution < 1.29 is 4.74 Å². The van der Waals surface area contributed by atoms with Gasteiger partial charge in [0.15, 0.2) is 0 Å². The third kappa shape index (κ3) is 3.82. The van der Waals surface area contributed by atoms with Crippen LogP contribution in [0.3, 0.4) is 0 Å². The number of ether oxygens (including phenoxy) is 1. The predicted molar refractivity (Wildman–Crippen MR) is 125 cm³/mol. The highest BCUT2D eigenvalue weighted by Gasteiger charge is 2.33. The van der Waals surface area contributed by atoms with E-state index < -0.39 is 10.9 Å². The summed E-state index contributed by atoms with van der Waals surface area (Å²) in [7, 11) is 1.62. The van der Waals surface area contributed by atoms with Crippen LogP contribution in [0.15, 0.2) is 46.0 Å². The van der Waals surface area contributed by atoms with Crippen LogP contribution < -0.4 is 31.5 Å². The number of fused-ring (bicyclic) bond motifs is 1. The molecule has 0 aliphatic carbocycles. The minimum atomic E-state index is -0.523. The largest absolute Gasteiger partial charge is 0.496 e. The fourth-order valence-electron chi connectivity index (χ4n) is 4.08. The molecule has 1 aliphatic heterocycles. The zero-order chi connectivity index (χ0) is 22.3. The van der Waals surface area contributed by atoms with E-state index in [0.717, 1.165) is 28.1 Å². The van der Waals surface area contributed by atoms with E-state index in [4.69, 9.17) is 16.3 Å². The third-order valence-corrected chi connectivity index (χ3v) is 6.11. The highest BCUT2D eigenvalue weighted by Crippen LogP contribution is 2.41. The van der Waals surface area contributed by atoms with Crippen molar-refractivity contribution in [1.82, 2.24) is 5.32 Å². The molecule has 3 N–H and O–H groups in total. The summed E-state index contributed by atoms with van der Waals surface area (Å²) in [6, 6.07) is 11.1. The summed E-state index contributed by atoms with van der Waals surface area (Å²) >= 11 is 6.30. The van der Waals surface area contributed by atoms with Crippen LogP contribution in [0, 0.1) is 5.41 Å². The van der Waals surface area contributed by atoms with Gasteiger partial charge in [-0.3, -0.25) is 9.59 Å². The van der Waals surface area contributed by atoms with Crippen molar-refractivity contribution in [3.63, 3.8) is 0 Å². The van der Waals surface area contributed by atoms with Crippen molar-refractivity contribution in [3.8, 4) is 5.75 Å². The normalized spacial score (nSPS) is 14.4. The zero-order valence-corrected chi connectivity index (χ0v) is 18.8. The van der Waals surface area contributed by atoms with Gasteiger partial charge >= 0.3 is 0 Å². The van der Waals surface area contributed by atoms with E-state index in [9.17, 15) is 9.59 Å². The molecule has 0 fully saturated rings. The molecule has 3 aromatic carbocycles. The lowest BCUT2D eigenvalue weighted by Crippen LogP contribution is -2.39. The van der Waals surface area contributed by atoms with Gasteiger partial charge in [0.1, 0.15) is 17.1 Å². The minimum Gasteiger partial charge on any atom is -0.496 e. The van der Waals surface area contributed by atoms with Crippen LogP contribution in [0.2, 0.25) is 5.02 Å². The van der Waals surface area contributed by atoms with Crippen LogP contribution >= 0.6 is 11.6 Å². The van der Waals surface area contributed by atoms with Crippen LogP contribution in [-0.4, -0.2) is 7.11 Å². The fourth-order valence-corrected chi connectivity index (χ4v) is 4.32. The SMILES string of the molecule is COc1ccccc1C(Nc1c(Nc2ccc(Cl)c3c2CNC3)c(=O)c1=O)C(C)(C)C. The molecule has 0 amide bonds. The van der Waals surface area contributed by atoms with Crippen LogP contribution in [0.25, 0.3) is 0 Å². The topological polar surface area (TPSA) is 79.5 Å². The van der Waals surface area contributed by atoms with Gasteiger partial charge in [-0.2, -0.15) is 0 Å². The molecule has 4 rings (SSSR count). The predicted octanol–water partition coefficient (Wildman–Crippen LogP) is 4.49. The van der Waals surface area contributed by atoms with Crippen molar-refractivity contribution >= 4 is 28.7 Å². The van der Waals surface area contributed by atoms with Crippen molar-refractivity contribution in [2.24, 2.45) is 5.41 Å². The molecule has 7 heteroatoms. The molecule has 0 spiro atoms. The van der Waals surface area contributed by atoms with Crippen LogP contribution in [0.5, 0.6) is 5.75 Å². The van der Waals surface area contributed by atoms with Crippen molar-refractivity contribution in [3.05, 3.63) is 78.6 Å². The Bertz CT molecular complexity index is 1210. The molecule has 0 aromatic heterocycles. The van der Waals surface area contributed by atoms with E-state index >= 15 is 0 Å². The maximum Gasteiger partial charge on any atom is 0.253 e. The lowest BCUT2D eigenvalue weighted by Gasteiger charge is -2.34. The van der Waals surface area contributed by atoms with E-state index in [-0.39, 0.29) is 17.1 Å². The van der Waals surface area contributed by atoms with Gasteiger partial charge < -0.3 is 20.7 Å². The van der Waals surface area contributed by atoms with Gasteiger partial charge in [0.2, 0.25) is 0 Å². The van der Waals surface area contributed by atoms with E-state index in [1.54, 1.807) is 13.2 Å². The average molecular weight is 440 g/mol. The molecule has 1 unspecified atom stereocenters. The quantitative estimate of drug-likeness (QED) is 0.491. The second-order valence-corrected chi connectivity index (χ2v) is 9.28. The fraction of sp³-hybridized carbons (Fsp3) is 0.333. The number of hydrogen-bond donors (Lipinski definition) is 3. The van der Waals surface area contributed by atoms with Crippen molar-refractivity contribution in [2.45, 2.75) is 39.9 Å². The monoisotopic (exact) mass is 439 g/mol. The molecule has 3 aromatic rings. The number of rotatable bonds is 6. The van der Waals surface area contributed by atoms with Crippen LogP contribution in [-0.2, 0) is 13.1 Å². The molecule has 0 saturated carbocycles. The van der Waals surface area contributed by atoms with Gasteiger partial charge in [0.25, 0.3) is 10.9 Å². The number of anilines is 3. The molecular weight excluding hydrogens is 414 g/mol. The van der Waals surface area contributed by atoms with Gasteiger partial charge in [-0.25, -0.2) is 0 Å². The lowest BCUT2D eigenvalue weighted by atomic mass is 9.81. The maximum absolute atomic E-state index is 12.5. The van der Waals surface area contributed by atoms with Gasteiger partial charge in [-0.15, -0.1) is 0 Å². The van der Waals surface area contributed by atoms with E-state index in [1.165, 1.54) is 0 Å². The number of methoxy groups -OCH3 is 1. The Morgan fingerprint density at radius 3 is 2.39 bits per heavy atom. The Hall–Kier alpha value is -2.83. The third-order valence-electron chi connectivity index (χ3n) is 5.75. The molecule has 1 atom stereocenters.